The largest absolute Gasteiger partial charge is 0.405 e. The van der Waals surface area contributed by atoms with Crippen molar-refractivity contribution in [3.05, 3.63) is 36.8 Å². The van der Waals surface area contributed by atoms with Crippen molar-refractivity contribution >= 4 is 23.3 Å². The maximum absolute atomic E-state index is 11.0. The summed E-state index contributed by atoms with van der Waals surface area (Å²) in [6, 6.07) is 6.14. The molecule has 0 spiro atoms. The van der Waals surface area contributed by atoms with Gasteiger partial charge in [0.2, 0.25) is 6.41 Å². The van der Waals surface area contributed by atoms with Crippen molar-refractivity contribution in [3.63, 3.8) is 0 Å². The zero-order chi connectivity index (χ0) is 22.6. The molecule has 0 saturated carbocycles. The van der Waals surface area contributed by atoms with E-state index >= 15 is 0 Å². The minimum absolute atomic E-state index is 0.00743. The van der Waals surface area contributed by atoms with Crippen molar-refractivity contribution in [2.45, 2.75) is 46.3 Å². The Balaban J connectivity index is 0.000000345. The summed E-state index contributed by atoms with van der Waals surface area (Å²) in [5.41, 5.74) is 1.82. The molecule has 0 bridgehead atoms. The number of alkyl halides is 3. The second-order valence-electron chi connectivity index (χ2n) is 6.49. The fourth-order valence-corrected chi connectivity index (χ4v) is 2.16. The maximum Gasteiger partial charge on any atom is 0.405 e. The van der Waals surface area contributed by atoms with E-state index in [2.05, 4.69) is 52.9 Å². The fourth-order valence-electron chi connectivity index (χ4n) is 2.16. The third-order valence-electron chi connectivity index (χ3n) is 3.17. The molecule has 164 valence electrons. The van der Waals surface area contributed by atoms with E-state index < -0.39 is 12.7 Å². The quantitative estimate of drug-likeness (QED) is 0.522. The van der Waals surface area contributed by atoms with Crippen molar-refractivity contribution in [2.75, 3.05) is 11.9 Å². The number of carbonyl (C=O) groups excluding carboxylic acids is 1. The van der Waals surface area contributed by atoms with Crippen LogP contribution in [-0.2, 0) is 4.79 Å². The molecule has 0 unspecified atom stereocenters. The van der Waals surface area contributed by atoms with Crippen LogP contribution >= 0.6 is 0 Å². The van der Waals surface area contributed by atoms with E-state index in [0.29, 0.717) is 11.9 Å². The van der Waals surface area contributed by atoms with Crippen LogP contribution in [0.5, 0.6) is 0 Å². The van der Waals surface area contributed by atoms with Gasteiger partial charge in [0.25, 0.3) is 0 Å². The van der Waals surface area contributed by atoms with Crippen LogP contribution in [0.2, 0.25) is 0 Å². The molecule has 0 aliphatic carbocycles. The van der Waals surface area contributed by atoms with E-state index in [1.165, 1.54) is 11.7 Å². The number of hydrogen-bond acceptors (Lipinski definition) is 5. The molecule has 30 heavy (non-hydrogen) atoms. The Morgan fingerprint density at radius 2 is 1.87 bits per heavy atom. The summed E-state index contributed by atoms with van der Waals surface area (Å²) < 4.78 is 33.1. The Hall–Kier alpha value is -3.17. The number of aromatic amines is 1. The number of aromatic nitrogens is 4. The predicted molar refractivity (Wildman–Crippen MR) is 112 cm³/mol. The smallest absolute Gasteiger partial charge is 0.368 e. The highest BCUT2D eigenvalue weighted by Gasteiger charge is 2.25. The summed E-state index contributed by atoms with van der Waals surface area (Å²) in [6.07, 6.45) is 2.39. The van der Waals surface area contributed by atoms with E-state index in [4.69, 9.17) is 0 Å². The van der Waals surface area contributed by atoms with Gasteiger partial charge in [0.05, 0.1) is 0 Å². The number of nitrogens with zero attached hydrogens (tertiary/aromatic N) is 3. The first-order valence-corrected chi connectivity index (χ1v) is 9.47. The lowest BCUT2D eigenvalue weighted by atomic mass is 10.2. The first-order valence-electron chi connectivity index (χ1n) is 9.47. The first-order chi connectivity index (χ1) is 14.2. The van der Waals surface area contributed by atoms with Gasteiger partial charge in [-0.1, -0.05) is 20.3 Å². The molecule has 1 amide bonds. The maximum atomic E-state index is 11.0. The minimum Gasteiger partial charge on any atom is -0.368 e. The van der Waals surface area contributed by atoms with Gasteiger partial charge in [-0.05, 0) is 32.0 Å². The van der Waals surface area contributed by atoms with Gasteiger partial charge in [-0.15, -0.1) is 0 Å². The number of anilines is 1. The third-order valence-corrected chi connectivity index (χ3v) is 3.17. The number of carbonyl (C=O) groups is 1. The number of rotatable bonds is 5. The molecule has 10 heteroatoms. The Labute approximate surface area is 173 Å². The zero-order valence-corrected chi connectivity index (χ0v) is 17.4. The monoisotopic (exact) mass is 424 g/mol. The Morgan fingerprint density at radius 3 is 2.43 bits per heavy atom. The highest BCUT2D eigenvalue weighted by molar-refractivity contribution is 5.91. The number of amides is 1. The number of fused-ring (bicyclic) bond motifs is 1. The number of halogens is 3. The van der Waals surface area contributed by atoms with Gasteiger partial charge in [0.15, 0.2) is 5.82 Å². The molecule has 0 saturated heterocycles. The van der Waals surface area contributed by atoms with E-state index in [9.17, 15) is 18.0 Å². The third kappa shape index (κ3) is 8.89. The molecule has 3 aromatic heterocycles. The minimum atomic E-state index is -4.29. The van der Waals surface area contributed by atoms with Crippen LogP contribution in [0.4, 0.5) is 19.0 Å². The molecule has 0 atom stereocenters. The molecule has 0 fully saturated rings. The summed E-state index contributed by atoms with van der Waals surface area (Å²) in [6.45, 7) is 7.16. The predicted octanol–water partition coefficient (Wildman–Crippen LogP) is 4.55. The van der Waals surface area contributed by atoms with Gasteiger partial charge < -0.3 is 15.6 Å². The van der Waals surface area contributed by atoms with Crippen LogP contribution in [-0.4, -0.2) is 45.1 Å². The normalized spacial score (nSPS) is 10.5. The van der Waals surface area contributed by atoms with Crippen molar-refractivity contribution in [1.29, 1.82) is 0 Å². The number of nitrogens with one attached hydrogen (secondary N) is 3. The van der Waals surface area contributed by atoms with Crippen molar-refractivity contribution in [2.24, 2.45) is 0 Å². The summed E-state index contributed by atoms with van der Waals surface area (Å²) in [5, 5.41) is 5.79. The average Bonchev–Trinajstić information content (AvgIpc) is 3.11. The van der Waals surface area contributed by atoms with Crippen molar-refractivity contribution in [3.8, 4) is 11.4 Å². The topological polar surface area (TPSA) is 95.6 Å². The van der Waals surface area contributed by atoms with Crippen molar-refractivity contribution in [1.82, 2.24) is 25.3 Å². The molecule has 7 nitrogen and oxygen atoms in total. The van der Waals surface area contributed by atoms with Crippen LogP contribution in [0.15, 0.2) is 36.8 Å². The molecule has 0 aliphatic rings. The fraction of sp³-hybridized carbons (Fsp3) is 0.400. The first kappa shape index (κ1) is 24.9. The van der Waals surface area contributed by atoms with Crippen LogP contribution in [0.25, 0.3) is 22.4 Å². The van der Waals surface area contributed by atoms with Crippen LogP contribution < -0.4 is 10.6 Å². The standard InChI is InChI=1S/C14H15N5.C3H4F3NO.C3H8/c1-9(2)18-12-5-7-16-14(19-12)11-8-17-13-10(11)4-3-6-15-13;4-3(5,6)1-7-2-8;1-3-2/h3-9H,1-2H3,(H,15,17)(H,16,18,19);2H,1H2,(H,7,8);3H2,1-2H3. The van der Waals surface area contributed by atoms with Crippen LogP contribution in [0.3, 0.4) is 0 Å². The van der Waals surface area contributed by atoms with Gasteiger partial charge in [-0.2, -0.15) is 13.2 Å². The molecule has 3 heterocycles. The highest BCUT2D eigenvalue weighted by Crippen LogP contribution is 2.25. The zero-order valence-electron chi connectivity index (χ0n) is 17.4. The molecule has 0 radical (unpaired) electrons. The lowest BCUT2D eigenvalue weighted by Gasteiger charge is -2.09. The van der Waals surface area contributed by atoms with Gasteiger partial charge in [0.1, 0.15) is 18.0 Å². The molecular weight excluding hydrogens is 397 g/mol. The number of H-pyrrole nitrogens is 1. The second-order valence-corrected chi connectivity index (χ2v) is 6.49. The molecule has 0 aromatic carbocycles. The van der Waals surface area contributed by atoms with Crippen LogP contribution in [0, 0.1) is 0 Å². The number of pyridine rings is 1. The number of hydrogen-bond donors (Lipinski definition) is 3. The van der Waals surface area contributed by atoms with Gasteiger partial charge in [-0.3, -0.25) is 4.79 Å². The SMILES string of the molecule is CC(C)Nc1ccnc(-c2c[nH]c3ncccc23)n1.CCC.O=CNCC(F)(F)F. The summed E-state index contributed by atoms with van der Waals surface area (Å²) in [5.74, 6) is 1.53. The Kier molecular flexibility index (Phi) is 10.3. The Bertz CT molecular complexity index is 895. The molecule has 3 N–H and O–H groups in total. The molecule has 3 rings (SSSR count). The van der Waals surface area contributed by atoms with E-state index in [0.717, 1.165) is 22.4 Å². The van der Waals surface area contributed by atoms with Crippen LogP contribution in [0.1, 0.15) is 34.1 Å². The van der Waals surface area contributed by atoms with E-state index in [1.807, 2.05) is 24.4 Å². The second kappa shape index (κ2) is 12.4. The summed E-state index contributed by atoms with van der Waals surface area (Å²) >= 11 is 0. The van der Waals surface area contributed by atoms with E-state index in [-0.39, 0.29) is 6.41 Å². The van der Waals surface area contributed by atoms with E-state index in [1.54, 1.807) is 12.4 Å². The summed E-state index contributed by atoms with van der Waals surface area (Å²) in [7, 11) is 0. The van der Waals surface area contributed by atoms with Gasteiger partial charge >= 0.3 is 6.18 Å². The highest BCUT2D eigenvalue weighted by atomic mass is 19.4. The average molecular weight is 424 g/mol. The lowest BCUT2D eigenvalue weighted by molar-refractivity contribution is -0.132. The Morgan fingerprint density at radius 1 is 1.17 bits per heavy atom. The van der Waals surface area contributed by atoms with Crippen molar-refractivity contribution < 1.29 is 18.0 Å². The van der Waals surface area contributed by atoms with Gasteiger partial charge in [-0.25, -0.2) is 15.0 Å². The molecule has 3 aromatic rings. The molecular formula is C20H27F3N6O. The summed E-state index contributed by atoms with van der Waals surface area (Å²) in [4.78, 5) is 25.5. The molecule has 0 aliphatic heterocycles. The lowest BCUT2D eigenvalue weighted by Crippen LogP contribution is -2.27. The van der Waals surface area contributed by atoms with Gasteiger partial charge in [0, 0.05) is 35.6 Å².